The molecule has 0 radical (unpaired) electrons. The van der Waals surface area contributed by atoms with Crippen LogP contribution in [-0.4, -0.2) is 22.7 Å². The first-order valence-electron chi connectivity index (χ1n) is 5.21. The van der Waals surface area contributed by atoms with Crippen molar-refractivity contribution >= 4 is 11.4 Å². The van der Waals surface area contributed by atoms with Crippen LogP contribution in [0.3, 0.4) is 0 Å². The zero-order chi connectivity index (χ0) is 12.1. The van der Waals surface area contributed by atoms with Crippen molar-refractivity contribution in [3.63, 3.8) is 0 Å². The SMILES string of the molecule is CCC(CO)Nc1ccc(C)c([N+](=O)[O-])c1. The summed E-state index contributed by atoms with van der Waals surface area (Å²) in [5, 5.41) is 22.8. The quantitative estimate of drug-likeness (QED) is 0.593. The van der Waals surface area contributed by atoms with Crippen molar-refractivity contribution in [3.8, 4) is 0 Å². The molecule has 1 rings (SSSR count). The van der Waals surface area contributed by atoms with Crippen LogP contribution in [0, 0.1) is 17.0 Å². The number of rotatable bonds is 5. The lowest BCUT2D eigenvalue weighted by Gasteiger charge is -2.15. The first kappa shape index (κ1) is 12.4. The van der Waals surface area contributed by atoms with E-state index in [-0.39, 0.29) is 18.3 Å². The Balaban J connectivity index is 2.90. The first-order chi connectivity index (χ1) is 7.58. The maximum atomic E-state index is 10.7. The Morgan fingerprint density at radius 2 is 2.25 bits per heavy atom. The molecule has 1 unspecified atom stereocenters. The third-order valence-electron chi connectivity index (χ3n) is 2.49. The highest BCUT2D eigenvalue weighted by Gasteiger charge is 2.12. The van der Waals surface area contributed by atoms with Gasteiger partial charge in [0.2, 0.25) is 0 Å². The van der Waals surface area contributed by atoms with Crippen LogP contribution in [0.4, 0.5) is 11.4 Å². The predicted octanol–water partition coefficient (Wildman–Crippen LogP) is 2.09. The maximum Gasteiger partial charge on any atom is 0.274 e. The van der Waals surface area contributed by atoms with Gasteiger partial charge in [-0.05, 0) is 19.4 Å². The third kappa shape index (κ3) is 2.93. The fourth-order valence-corrected chi connectivity index (χ4v) is 1.41. The number of aliphatic hydroxyl groups is 1. The summed E-state index contributed by atoms with van der Waals surface area (Å²) >= 11 is 0. The predicted molar refractivity (Wildman–Crippen MR) is 62.6 cm³/mol. The highest BCUT2D eigenvalue weighted by molar-refractivity contribution is 5.55. The fraction of sp³-hybridized carbons (Fsp3) is 0.455. The number of nitrogens with zero attached hydrogens (tertiary/aromatic N) is 1. The zero-order valence-corrected chi connectivity index (χ0v) is 9.43. The summed E-state index contributed by atoms with van der Waals surface area (Å²) in [4.78, 5) is 10.3. The van der Waals surface area contributed by atoms with Gasteiger partial charge in [0.15, 0.2) is 0 Å². The molecule has 88 valence electrons. The van der Waals surface area contributed by atoms with Crippen LogP contribution < -0.4 is 5.32 Å². The van der Waals surface area contributed by atoms with E-state index in [1.165, 1.54) is 6.07 Å². The Kier molecular flexibility index (Phi) is 4.25. The molecule has 0 spiro atoms. The average molecular weight is 224 g/mol. The van der Waals surface area contributed by atoms with E-state index in [9.17, 15) is 10.1 Å². The molecule has 0 heterocycles. The monoisotopic (exact) mass is 224 g/mol. The van der Waals surface area contributed by atoms with Crippen molar-refractivity contribution in [2.45, 2.75) is 26.3 Å². The molecule has 1 aromatic rings. The van der Waals surface area contributed by atoms with Gasteiger partial charge in [0, 0.05) is 23.4 Å². The maximum absolute atomic E-state index is 10.7. The van der Waals surface area contributed by atoms with E-state index in [0.29, 0.717) is 11.3 Å². The van der Waals surface area contributed by atoms with Gasteiger partial charge in [-0.25, -0.2) is 0 Å². The van der Waals surface area contributed by atoms with E-state index in [1.807, 2.05) is 6.92 Å². The zero-order valence-electron chi connectivity index (χ0n) is 9.43. The van der Waals surface area contributed by atoms with Crippen molar-refractivity contribution in [1.29, 1.82) is 0 Å². The summed E-state index contributed by atoms with van der Waals surface area (Å²) in [6, 6.07) is 4.90. The van der Waals surface area contributed by atoms with Gasteiger partial charge in [-0.3, -0.25) is 10.1 Å². The Morgan fingerprint density at radius 3 is 2.75 bits per heavy atom. The molecule has 0 bridgehead atoms. The second-order valence-corrected chi connectivity index (χ2v) is 3.69. The van der Waals surface area contributed by atoms with E-state index in [2.05, 4.69) is 5.32 Å². The third-order valence-corrected chi connectivity index (χ3v) is 2.49. The number of aryl methyl sites for hydroxylation is 1. The normalized spacial score (nSPS) is 12.2. The molecule has 0 saturated heterocycles. The Bertz CT molecular complexity index is 375. The van der Waals surface area contributed by atoms with E-state index in [4.69, 9.17) is 5.11 Å². The molecule has 5 heteroatoms. The number of benzene rings is 1. The van der Waals surface area contributed by atoms with Gasteiger partial charge in [-0.2, -0.15) is 0 Å². The Labute approximate surface area is 94.3 Å². The highest BCUT2D eigenvalue weighted by atomic mass is 16.6. The van der Waals surface area contributed by atoms with Crippen LogP contribution in [0.1, 0.15) is 18.9 Å². The van der Waals surface area contributed by atoms with E-state index in [1.54, 1.807) is 19.1 Å². The smallest absolute Gasteiger partial charge is 0.274 e. The lowest BCUT2D eigenvalue weighted by atomic mass is 10.1. The second-order valence-electron chi connectivity index (χ2n) is 3.69. The number of nitrogens with one attached hydrogen (secondary N) is 1. The number of hydrogen-bond acceptors (Lipinski definition) is 4. The van der Waals surface area contributed by atoms with Crippen LogP contribution in [0.15, 0.2) is 18.2 Å². The minimum absolute atomic E-state index is 0.0121. The summed E-state index contributed by atoms with van der Waals surface area (Å²) in [5.74, 6) is 0. The summed E-state index contributed by atoms with van der Waals surface area (Å²) < 4.78 is 0. The van der Waals surface area contributed by atoms with Crippen molar-refractivity contribution in [2.24, 2.45) is 0 Å². The second kappa shape index (κ2) is 5.46. The molecule has 2 N–H and O–H groups in total. The van der Waals surface area contributed by atoms with Crippen molar-refractivity contribution < 1.29 is 10.0 Å². The molecule has 0 amide bonds. The van der Waals surface area contributed by atoms with Gasteiger partial charge in [-0.1, -0.05) is 13.0 Å². The number of anilines is 1. The van der Waals surface area contributed by atoms with Gasteiger partial charge in [0.25, 0.3) is 5.69 Å². The van der Waals surface area contributed by atoms with Crippen LogP contribution in [-0.2, 0) is 0 Å². The molecule has 1 atom stereocenters. The van der Waals surface area contributed by atoms with Gasteiger partial charge >= 0.3 is 0 Å². The van der Waals surface area contributed by atoms with Crippen LogP contribution >= 0.6 is 0 Å². The van der Waals surface area contributed by atoms with Crippen molar-refractivity contribution in [1.82, 2.24) is 0 Å². The van der Waals surface area contributed by atoms with E-state index >= 15 is 0 Å². The standard InChI is InChI=1S/C11H16N2O3/c1-3-9(7-14)12-10-5-4-8(2)11(6-10)13(15)16/h4-6,9,12,14H,3,7H2,1-2H3. The van der Waals surface area contributed by atoms with Gasteiger partial charge in [0.05, 0.1) is 11.5 Å². The molecule has 0 aromatic heterocycles. The molecule has 0 aliphatic carbocycles. The summed E-state index contributed by atoms with van der Waals surface area (Å²) in [6.45, 7) is 3.65. The number of hydrogen-bond donors (Lipinski definition) is 2. The summed E-state index contributed by atoms with van der Waals surface area (Å²) in [6.07, 6.45) is 0.762. The average Bonchev–Trinajstić information content (AvgIpc) is 2.27. The number of nitro benzene ring substituents is 1. The summed E-state index contributed by atoms with van der Waals surface area (Å²) in [7, 11) is 0. The molecule has 16 heavy (non-hydrogen) atoms. The fourth-order valence-electron chi connectivity index (χ4n) is 1.41. The Hall–Kier alpha value is -1.62. The van der Waals surface area contributed by atoms with Crippen LogP contribution in [0.5, 0.6) is 0 Å². The molecule has 1 aromatic carbocycles. The Morgan fingerprint density at radius 1 is 1.56 bits per heavy atom. The largest absolute Gasteiger partial charge is 0.394 e. The van der Waals surface area contributed by atoms with Crippen LogP contribution in [0.25, 0.3) is 0 Å². The molecule has 5 nitrogen and oxygen atoms in total. The highest BCUT2D eigenvalue weighted by Crippen LogP contribution is 2.22. The lowest BCUT2D eigenvalue weighted by Crippen LogP contribution is -2.22. The minimum atomic E-state index is -0.402. The van der Waals surface area contributed by atoms with Crippen LogP contribution in [0.2, 0.25) is 0 Å². The van der Waals surface area contributed by atoms with Gasteiger partial charge in [-0.15, -0.1) is 0 Å². The number of aliphatic hydroxyl groups excluding tert-OH is 1. The summed E-state index contributed by atoms with van der Waals surface area (Å²) in [5.41, 5.74) is 1.39. The lowest BCUT2D eigenvalue weighted by molar-refractivity contribution is -0.385. The molecular weight excluding hydrogens is 208 g/mol. The number of nitro groups is 1. The van der Waals surface area contributed by atoms with E-state index < -0.39 is 4.92 Å². The minimum Gasteiger partial charge on any atom is -0.394 e. The van der Waals surface area contributed by atoms with Crippen molar-refractivity contribution in [3.05, 3.63) is 33.9 Å². The first-order valence-corrected chi connectivity index (χ1v) is 5.21. The topological polar surface area (TPSA) is 75.4 Å². The molecule has 0 aliphatic rings. The molecule has 0 saturated carbocycles. The van der Waals surface area contributed by atoms with Gasteiger partial charge in [0.1, 0.15) is 0 Å². The molecule has 0 fully saturated rings. The van der Waals surface area contributed by atoms with E-state index in [0.717, 1.165) is 6.42 Å². The van der Waals surface area contributed by atoms with Crippen molar-refractivity contribution in [2.75, 3.05) is 11.9 Å². The van der Waals surface area contributed by atoms with Gasteiger partial charge < -0.3 is 10.4 Å². The molecular formula is C11H16N2O3. The molecule has 0 aliphatic heterocycles.